The van der Waals surface area contributed by atoms with Gasteiger partial charge in [0.15, 0.2) is 5.41 Å². The minimum absolute atomic E-state index is 0.245. The molecule has 5 heteroatoms. The topological polar surface area (TPSA) is 59.4 Å². The Hall–Kier alpha value is -0.940. The maximum atomic E-state index is 11.1. The third kappa shape index (κ3) is 1.16. The number of hydrogen-bond acceptors (Lipinski definition) is 4. The van der Waals surface area contributed by atoms with Gasteiger partial charge in [0.05, 0.1) is 18.9 Å². The maximum Gasteiger partial charge on any atom is 0.321 e. The second kappa shape index (κ2) is 3.03. The van der Waals surface area contributed by atoms with E-state index in [0.29, 0.717) is 5.01 Å². The van der Waals surface area contributed by atoms with Crippen LogP contribution >= 0.6 is 11.3 Å². The number of nitrogens with zero attached hydrogens (tertiary/aromatic N) is 1. The van der Waals surface area contributed by atoms with Crippen molar-refractivity contribution in [3.05, 3.63) is 15.6 Å². The highest BCUT2D eigenvalue weighted by Gasteiger charge is 2.50. The molecule has 2 rings (SSSR count). The van der Waals surface area contributed by atoms with Crippen molar-refractivity contribution in [1.29, 1.82) is 0 Å². The number of rotatable bonds is 2. The second-order valence-electron chi connectivity index (χ2n) is 3.54. The van der Waals surface area contributed by atoms with Crippen LogP contribution in [-0.2, 0) is 14.9 Å². The van der Waals surface area contributed by atoms with Gasteiger partial charge in [0.1, 0.15) is 5.01 Å². The smallest absolute Gasteiger partial charge is 0.321 e. The lowest BCUT2D eigenvalue weighted by molar-refractivity contribution is -0.163. The predicted molar refractivity (Wildman–Crippen MR) is 51.7 cm³/mol. The average molecular weight is 213 g/mol. The first-order valence-corrected chi connectivity index (χ1v) is 5.13. The van der Waals surface area contributed by atoms with Crippen molar-refractivity contribution in [2.24, 2.45) is 0 Å². The number of hydrogen-bond donors (Lipinski definition) is 1. The summed E-state index contributed by atoms with van der Waals surface area (Å²) in [4.78, 5) is 16.5. The fourth-order valence-corrected chi connectivity index (χ4v) is 2.39. The number of aliphatic carboxylic acids is 1. The zero-order chi connectivity index (χ0) is 10.3. The molecule has 1 N–H and O–H groups in total. The van der Waals surface area contributed by atoms with Gasteiger partial charge in [0, 0.05) is 4.88 Å². The molecule has 1 aromatic rings. The number of carbonyl (C=O) groups is 1. The van der Waals surface area contributed by atoms with Gasteiger partial charge in [-0.05, 0) is 13.8 Å². The molecular formula is C9H11NO3S. The molecule has 76 valence electrons. The normalized spacial score (nSPS) is 19.0. The van der Waals surface area contributed by atoms with Crippen LogP contribution in [0.15, 0.2) is 0 Å². The SMILES string of the molecule is Cc1nc(C2(C(=O)O)COC2)sc1C. The Labute approximate surface area is 85.5 Å². The van der Waals surface area contributed by atoms with Crippen LogP contribution in [0.1, 0.15) is 15.6 Å². The van der Waals surface area contributed by atoms with Gasteiger partial charge in [0.2, 0.25) is 0 Å². The van der Waals surface area contributed by atoms with Crippen LogP contribution in [0, 0.1) is 13.8 Å². The molecule has 4 nitrogen and oxygen atoms in total. The first kappa shape index (κ1) is 9.61. The van der Waals surface area contributed by atoms with E-state index in [2.05, 4.69) is 4.98 Å². The molecule has 0 saturated carbocycles. The fourth-order valence-electron chi connectivity index (χ4n) is 1.32. The molecule has 14 heavy (non-hydrogen) atoms. The monoisotopic (exact) mass is 213 g/mol. The lowest BCUT2D eigenvalue weighted by atomic mass is 9.87. The molecule has 0 atom stereocenters. The van der Waals surface area contributed by atoms with Gasteiger partial charge >= 0.3 is 5.97 Å². The molecule has 1 aliphatic rings. The molecule has 0 radical (unpaired) electrons. The lowest BCUT2D eigenvalue weighted by Gasteiger charge is -2.35. The minimum atomic E-state index is -0.871. The van der Waals surface area contributed by atoms with Crippen molar-refractivity contribution < 1.29 is 14.6 Å². The summed E-state index contributed by atoms with van der Waals surface area (Å²) in [5.41, 5.74) is 0.0430. The van der Waals surface area contributed by atoms with Gasteiger partial charge in [-0.25, -0.2) is 4.98 Å². The Morgan fingerprint density at radius 3 is 2.50 bits per heavy atom. The summed E-state index contributed by atoms with van der Waals surface area (Å²) in [7, 11) is 0. The first-order chi connectivity index (χ1) is 6.56. The zero-order valence-corrected chi connectivity index (χ0v) is 8.85. The molecule has 0 aromatic carbocycles. The number of aromatic nitrogens is 1. The van der Waals surface area contributed by atoms with Crippen molar-refractivity contribution in [3.8, 4) is 0 Å². The molecular weight excluding hydrogens is 202 g/mol. The Balaban J connectivity index is 2.41. The summed E-state index contributed by atoms with van der Waals surface area (Å²) in [5.74, 6) is -0.836. The van der Waals surface area contributed by atoms with Crippen LogP contribution in [0.5, 0.6) is 0 Å². The van der Waals surface area contributed by atoms with E-state index in [1.54, 1.807) is 0 Å². The molecule has 1 aliphatic heterocycles. The van der Waals surface area contributed by atoms with Crippen LogP contribution in [-0.4, -0.2) is 29.3 Å². The van der Waals surface area contributed by atoms with Crippen LogP contribution in [0.3, 0.4) is 0 Å². The molecule has 2 heterocycles. The number of ether oxygens (including phenoxy) is 1. The van der Waals surface area contributed by atoms with Crippen molar-refractivity contribution in [3.63, 3.8) is 0 Å². The van der Waals surface area contributed by atoms with Gasteiger partial charge in [0.25, 0.3) is 0 Å². The van der Waals surface area contributed by atoms with E-state index in [1.165, 1.54) is 11.3 Å². The fraction of sp³-hybridized carbons (Fsp3) is 0.556. The molecule has 0 bridgehead atoms. The van der Waals surface area contributed by atoms with Crippen LogP contribution in [0.25, 0.3) is 0 Å². The van der Waals surface area contributed by atoms with E-state index in [9.17, 15) is 4.79 Å². The zero-order valence-electron chi connectivity index (χ0n) is 8.03. The van der Waals surface area contributed by atoms with Crippen molar-refractivity contribution >= 4 is 17.3 Å². The Morgan fingerprint density at radius 2 is 2.21 bits per heavy atom. The number of aryl methyl sites for hydroxylation is 2. The maximum absolute atomic E-state index is 11.1. The molecule has 0 spiro atoms. The average Bonchev–Trinajstić information content (AvgIpc) is 2.28. The molecule has 0 amide bonds. The number of carboxylic acids is 1. The Kier molecular flexibility index (Phi) is 2.08. The summed E-state index contributed by atoms with van der Waals surface area (Å²) >= 11 is 1.45. The van der Waals surface area contributed by atoms with Crippen molar-refractivity contribution in [2.75, 3.05) is 13.2 Å². The standard InChI is InChI=1S/C9H11NO3S/c1-5-6(2)14-7(10-5)9(8(11)12)3-13-4-9/h3-4H2,1-2H3,(H,11,12). The van der Waals surface area contributed by atoms with E-state index in [1.807, 2.05) is 13.8 Å². The van der Waals surface area contributed by atoms with Gasteiger partial charge in [-0.15, -0.1) is 11.3 Å². The van der Waals surface area contributed by atoms with E-state index in [-0.39, 0.29) is 13.2 Å². The molecule has 1 aromatic heterocycles. The highest BCUT2D eigenvalue weighted by Crippen LogP contribution is 2.36. The van der Waals surface area contributed by atoms with E-state index in [0.717, 1.165) is 10.6 Å². The highest BCUT2D eigenvalue weighted by molar-refractivity contribution is 7.12. The predicted octanol–water partition coefficient (Wildman–Crippen LogP) is 1.11. The van der Waals surface area contributed by atoms with Gasteiger partial charge in [-0.2, -0.15) is 0 Å². The van der Waals surface area contributed by atoms with Gasteiger partial charge < -0.3 is 9.84 Å². The first-order valence-electron chi connectivity index (χ1n) is 4.32. The highest BCUT2D eigenvalue weighted by atomic mass is 32.1. The van der Waals surface area contributed by atoms with Gasteiger partial charge in [-0.1, -0.05) is 0 Å². The van der Waals surface area contributed by atoms with E-state index < -0.39 is 11.4 Å². The van der Waals surface area contributed by atoms with Crippen LogP contribution in [0.4, 0.5) is 0 Å². The molecule has 1 fully saturated rings. The number of thiazole rings is 1. The summed E-state index contributed by atoms with van der Waals surface area (Å²) in [6.07, 6.45) is 0. The van der Waals surface area contributed by atoms with Crippen molar-refractivity contribution in [2.45, 2.75) is 19.3 Å². The molecule has 1 saturated heterocycles. The largest absolute Gasteiger partial charge is 0.480 e. The van der Waals surface area contributed by atoms with Crippen LogP contribution < -0.4 is 0 Å². The summed E-state index contributed by atoms with van der Waals surface area (Å²) in [6.45, 7) is 4.33. The third-order valence-corrected chi connectivity index (χ3v) is 3.82. The summed E-state index contributed by atoms with van der Waals surface area (Å²) in [5, 5.41) is 9.80. The summed E-state index contributed by atoms with van der Waals surface area (Å²) in [6, 6.07) is 0. The Morgan fingerprint density at radius 1 is 1.57 bits per heavy atom. The quantitative estimate of drug-likeness (QED) is 0.799. The van der Waals surface area contributed by atoms with E-state index >= 15 is 0 Å². The van der Waals surface area contributed by atoms with Gasteiger partial charge in [-0.3, -0.25) is 4.79 Å². The summed E-state index contributed by atoms with van der Waals surface area (Å²) < 4.78 is 4.99. The lowest BCUT2D eigenvalue weighted by Crippen LogP contribution is -2.53. The van der Waals surface area contributed by atoms with Crippen LogP contribution in [0.2, 0.25) is 0 Å². The van der Waals surface area contributed by atoms with Crippen molar-refractivity contribution in [1.82, 2.24) is 4.98 Å². The minimum Gasteiger partial charge on any atom is -0.480 e. The number of carboxylic acid groups (broad SMARTS) is 1. The third-order valence-electron chi connectivity index (χ3n) is 2.54. The second-order valence-corrected chi connectivity index (χ2v) is 4.74. The Bertz CT molecular complexity index is 362. The van der Waals surface area contributed by atoms with E-state index in [4.69, 9.17) is 9.84 Å². The molecule has 0 aliphatic carbocycles. The molecule has 0 unspecified atom stereocenters.